The highest BCUT2D eigenvalue weighted by Gasteiger charge is 2.34. The minimum Gasteiger partial charge on any atom is -0.424 e. The smallest absolute Gasteiger partial charge is 0.424 e. The van der Waals surface area contributed by atoms with E-state index in [-0.39, 0.29) is 6.04 Å². The quantitative estimate of drug-likeness (QED) is 0.919. The highest BCUT2D eigenvalue weighted by molar-refractivity contribution is 7.09. The van der Waals surface area contributed by atoms with Crippen molar-refractivity contribution in [3.05, 3.63) is 27.9 Å². The van der Waals surface area contributed by atoms with Gasteiger partial charge in [0.1, 0.15) is 5.01 Å². The van der Waals surface area contributed by atoms with Crippen molar-refractivity contribution in [3.8, 4) is 0 Å². The predicted molar refractivity (Wildman–Crippen MR) is 66.0 cm³/mol. The summed E-state index contributed by atoms with van der Waals surface area (Å²) in [5.74, 6) is 0.844. The minimum atomic E-state index is -4.41. The van der Waals surface area contributed by atoms with Crippen LogP contribution in [0, 0.1) is 6.92 Å². The van der Waals surface area contributed by atoms with Gasteiger partial charge >= 0.3 is 6.18 Å². The first-order valence-electron chi connectivity index (χ1n) is 5.95. The van der Waals surface area contributed by atoms with Crippen LogP contribution in [0.4, 0.5) is 13.2 Å². The lowest BCUT2D eigenvalue weighted by Gasteiger charge is -2.12. The molecule has 0 fully saturated rings. The van der Waals surface area contributed by atoms with Crippen molar-refractivity contribution < 1.29 is 17.6 Å². The summed E-state index contributed by atoms with van der Waals surface area (Å²) in [7, 11) is 0. The molecule has 5 nitrogen and oxygen atoms in total. The van der Waals surface area contributed by atoms with Crippen molar-refractivity contribution in [2.75, 3.05) is 0 Å². The first kappa shape index (κ1) is 14.9. The van der Waals surface area contributed by atoms with Crippen LogP contribution in [0.5, 0.6) is 0 Å². The van der Waals surface area contributed by atoms with E-state index in [0.717, 1.165) is 16.7 Å². The fraction of sp³-hybridized carbons (Fsp3) is 0.545. The lowest BCUT2D eigenvalue weighted by atomic mass is 10.2. The molecule has 0 aliphatic rings. The topological polar surface area (TPSA) is 63.8 Å². The maximum absolute atomic E-state index is 12.5. The van der Waals surface area contributed by atoms with E-state index in [4.69, 9.17) is 4.42 Å². The van der Waals surface area contributed by atoms with Crippen molar-refractivity contribution in [3.63, 3.8) is 0 Å². The molecule has 1 atom stereocenters. The van der Waals surface area contributed by atoms with Crippen molar-refractivity contribution in [1.82, 2.24) is 20.5 Å². The van der Waals surface area contributed by atoms with Gasteiger partial charge in [-0.15, -0.1) is 21.5 Å². The first-order valence-corrected chi connectivity index (χ1v) is 6.83. The van der Waals surface area contributed by atoms with Crippen LogP contribution in [0.3, 0.4) is 0 Å². The van der Waals surface area contributed by atoms with Gasteiger partial charge in [-0.05, 0) is 6.42 Å². The monoisotopic (exact) mass is 306 g/mol. The van der Waals surface area contributed by atoms with Gasteiger partial charge in [0, 0.05) is 12.3 Å². The molecule has 0 unspecified atom stereocenters. The summed E-state index contributed by atoms with van der Waals surface area (Å²) >= 11 is 0.989. The maximum atomic E-state index is 12.5. The second kappa shape index (κ2) is 5.88. The molecule has 0 spiro atoms. The molecule has 110 valence electrons. The Balaban J connectivity index is 2.03. The summed E-state index contributed by atoms with van der Waals surface area (Å²) < 4.78 is 42.7. The van der Waals surface area contributed by atoms with Crippen molar-refractivity contribution in [2.45, 2.75) is 39.0 Å². The number of halogens is 3. The summed E-state index contributed by atoms with van der Waals surface area (Å²) in [6.45, 7) is 3.83. The molecule has 0 aliphatic heterocycles. The van der Waals surface area contributed by atoms with Gasteiger partial charge in [0.2, 0.25) is 11.8 Å². The molecule has 2 heterocycles. The fourth-order valence-electron chi connectivity index (χ4n) is 1.60. The molecule has 0 aliphatic carbocycles. The third kappa shape index (κ3) is 3.54. The molecule has 0 saturated carbocycles. The normalized spacial score (nSPS) is 13.7. The van der Waals surface area contributed by atoms with E-state index in [1.807, 2.05) is 6.92 Å². The molecule has 1 N–H and O–H groups in total. The Morgan fingerprint density at radius 3 is 2.65 bits per heavy atom. The van der Waals surface area contributed by atoms with E-state index in [2.05, 4.69) is 20.5 Å². The Bertz CT molecular complexity index is 566. The Morgan fingerprint density at radius 1 is 1.40 bits per heavy atom. The molecule has 2 aromatic rings. The summed E-state index contributed by atoms with van der Waals surface area (Å²) in [5, 5.41) is 12.0. The van der Waals surface area contributed by atoms with Crippen molar-refractivity contribution in [1.29, 1.82) is 0 Å². The zero-order valence-corrected chi connectivity index (χ0v) is 11.7. The number of nitrogens with one attached hydrogen (secondary N) is 1. The van der Waals surface area contributed by atoms with Crippen LogP contribution in [0.2, 0.25) is 0 Å². The van der Waals surface area contributed by atoms with Crippen LogP contribution in [0.15, 0.2) is 9.80 Å². The molecule has 2 rings (SSSR count). The maximum Gasteiger partial charge on any atom is 0.434 e. The average molecular weight is 306 g/mol. The van der Waals surface area contributed by atoms with E-state index in [0.29, 0.717) is 29.8 Å². The highest BCUT2D eigenvalue weighted by Crippen LogP contribution is 2.32. The Labute approximate surface area is 117 Å². The highest BCUT2D eigenvalue weighted by atomic mass is 32.1. The number of alkyl halides is 3. The van der Waals surface area contributed by atoms with Gasteiger partial charge in [-0.2, -0.15) is 13.2 Å². The SMILES string of the molecule is CC[C@@H](NCc1nnc(C)o1)c1nc(C(F)(F)F)cs1. The standard InChI is InChI=1S/C11H13F3N4OS/c1-3-7(15-4-9-18-17-6(2)19-9)10-16-8(5-20-10)11(12,13)14/h5,7,15H,3-4H2,1-2H3/t7-/m1/s1. The van der Waals surface area contributed by atoms with Gasteiger partial charge in [0.15, 0.2) is 5.69 Å². The number of nitrogens with zero attached hydrogens (tertiary/aromatic N) is 3. The van der Waals surface area contributed by atoms with Crippen molar-refractivity contribution in [2.24, 2.45) is 0 Å². The predicted octanol–water partition coefficient (Wildman–Crippen LogP) is 3.09. The van der Waals surface area contributed by atoms with Gasteiger partial charge in [0.05, 0.1) is 12.6 Å². The van der Waals surface area contributed by atoms with Gasteiger partial charge in [-0.1, -0.05) is 6.92 Å². The summed E-state index contributed by atoms with van der Waals surface area (Å²) in [6.07, 6.45) is -3.80. The third-order valence-electron chi connectivity index (χ3n) is 2.59. The molecular formula is C11H13F3N4OS. The molecule has 0 amide bonds. The van der Waals surface area contributed by atoms with Gasteiger partial charge < -0.3 is 4.42 Å². The minimum absolute atomic E-state index is 0.275. The summed E-state index contributed by atoms with van der Waals surface area (Å²) in [4.78, 5) is 3.63. The Hall–Kier alpha value is -1.48. The number of rotatable bonds is 5. The number of hydrogen-bond acceptors (Lipinski definition) is 6. The van der Waals surface area contributed by atoms with E-state index < -0.39 is 11.9 Å². The largest absolute Gasteiger partial charge is 0.434 e. The van der Waals surface area contributed by atoms with E-state index in [1.165, 1.54) is 0 Å². The Morgan fingerprint density at radius 2 is 2.15 bits per heavy atom. The van der Waals surface area contributed by atoms with Crippen molar-refractivity contribution >= 4 is 11.3 Å². The lowest BCUT2D eigenvalue weighted by Crippen LogP contribution is -2.20. The van der Waals surface area contributed by atoms with E-state index in [9.17, 15) is 13.2 Å². The van der Waals surface area contributed by atoms with E-state index >= 15 is 0 Å². The number of aryl methyl sites for hydroxylation is 1. The second-order valence-corrected chi connectivity index (χ2v) is 5.01. The van der Waals surface area contributed by atoms with Crippen LogP contribution < -0.4 is 5.32 Å². The van der Waals surface area contributed by atoms with E-state index in [1.54, 1.807) is 6.92 Å². The first-order chi connectivity index (χ1) is 9.40. The van der Waals surface area contributed by atoms with Crippen LogP contribution >= 0.6 is 11.3 Å². The second-order valence-electron chi connectivity index (χ2n) is 4.13. The summed E-state index contributed by atoms with van der Waals surface area (Å²) in [5.41, 5.74) is -0.855. The fourth-order valence-corrected chi connectivity index (χ4v) is 2.59. The third-order valence-corrected chi connectivity index (χ3v) is 3.54. The Kier molecular flexibility index (Phi) is 4.39. The molecule has 0 aromatic carbocycles. The molecule has 2 aromatic heterocycles. The van der Waals surface area contributed by atoms with Crippen LogP contribution in [-0.4, -0.2) is 15.2 Å². The van der Waals surface area contributed by atoms with Crippen LogP contribution in [-0.2, 0) is 12.7 Å². The average Bonchev–Trinajstić information content (AvgIpc) is 2.99. The van der Waals surface area contributed by atoms with Gasteiger partial charge in [-0.25, -0.2) is 4.98 Å². The molecule has 9 heteroatoms. The zero-order valence-electron chi connectivity index (χ0n) is 10.9. The van der Waals surface area contributed by atoms with Gasteiger partial charge in [0.25, 0.3) is 0 Å². The van der Waals surface area contributed by atoms with Gasteiger partial charge in [-0.3, -0.25) is 5.32 Å². The van der Waals surface area contributed by atoms with Crippen LogP contribution in [0.25, 0.3) is 0 Å². The molecule has 20 heavy (non-hydrogen) atoms. The molecular weight excluding hydrogens is 293 g/mol. The number of hydrogen-bond donors (Lipinski definition) is 1. The molecule has 0 bridgehead atoms. The molecule has 0 radical (unpaired) electrons. The lowest BCUT2D eigenvalue weighted by molar-refractivity contribution is -0.140. The van der Waals surface area contributed by atoms with Crippen LogP contribution in [0.1, 0.15) is 41.9 Å². The molecule has 0 saturated heterocycles. The summed E-state index contributed by atoms with van der Waals surface area (Å²) in [6, 6.07) is -0.275. The zero-order chi connectivity index (χ0) is 14.8. The number of aromatic nitrogens is 3. The number of thiazole rings is 1.